The van der Waals surface area contributed by atoms with Gasteiger partial charge in [0.25, 0.3) is 0 Å². The molecule has 0 saturated carbocycles. The van der Waals surface area contributed by atoms with E-state index in [-0.39, 0.29) is 23.3 Å². The SMILES string of the molecule is CC/C=C\OC1=CC=C(c2ccc(-c3ccc(C4CCC(C)CO4)cc3F)cc2)C(F)C1F. The Balaban J connectivity index is 1.51. The molecule has 1 aliphatic heterocycles. The Morgan fingerprint density at radius 2 is 1.76 bits per heavy atom. The van der Waals surface area contributed by atoms with Crippen molar-refractivity contribution in [2.75, 3.05) is 6.61 Å². The molecule has 2 aromatic carbocycles. The molecular formula is C28H29F3O2. The van der Waals surface area contributed by atoms with Gasteiger partial charge in [0, 0.05) is 12.2 Å². The summed E-state index contributed by atoms with van der Waals surface area (Å²) in [5.74, 6) is 0.162. The predicted octanol–water partition coefficient (Wildman–Crippen LogP) is 7.88. The van der Waals surface area contributed by atoms with E-state index in [1.54, 1.807) is 36.4 Å². The number of benzene rings is 2. The minimum Gasteiger partial charge on any atom is -0.466 e. The molecule has 4 unspecified atom stereocenters. The van der Waals surface area contributed by atoms with Crippen LogP contribution in [0.5, 0.6) is 0 Å². The van der Waals surface area contributed by atoms with E-state index in [4.69, 9.17) is 9.47 Å². The van der Waals surface area contributed by atoms with Gasteiger partial charge in [0.2, 0.25) is 0 Å². The summed E-state index contributed by atoms with van der Waals surface area (Å²) < 4.78 is 55.2. The van der Waals surface area contributed by atoms with Crippen molar-refractivity contribution in [3.8, 4) is 11.1 Å². The topological polar surface area (TPSA) is 18.5 Å². The van der Waals surface area contributed by atoms with Crippen LogP contribution in [0.1, 0.15) is 50.3 Å². The second-order valence-corrected chi connectivity index (χ2v) is 8.71. The standard InChI is InChI=1S/C28H29F3O2/c1-3-4-15-32-26-14-12-23(27(30)28(26)31)20-8-6-19(7-9-20)22-11-10-21(16-24(22)29)25-13-5-18(2)17-33-25/h4,6-12,14-16,18,25,27-28H,3,5,13,17H2,1-2H3/b15-4-. The van der Waals surface area contributed by atoms with Gasteiger partial charge in [0.1, 0.15) is 11.6 Å². The van der Waals surface area contributed by atoms with Crippen molar-refractivity contribution in [2.24, 2.45) is 5.92 Å². The van der Waals surface area contributed by atoms with Crippen molar-refractivity contribution in [3.05, 3.63) is 89.7 Å². The average molecular weight is 455 g/mol. The molecule has 1 heterocycles. The summed E-state index contributed by atoms with van der Waals surface area (Å²) in [5.41, 5.74) is 2.77. The summed E-state index contributed by atoms with van der Waals surface area (Å²) in [6, 6.07) is 12.0. The first-order valence-corrected chi connectivity index (χ1v) is 11.5. The maximum absolute atomic E-state index is 14.9. The first kappa shape index (κ1) is 23.4. The molecule has 0 amide bonds. The molecule has 0 aromatic heterocycles. The Kier molecular flexibility index (Phi) is 7.39. The van der Waals surface area contributed by atoms with E-state index in [9.17, 15) is 13.2 Å². The molecule has 2 nitrogen and oxygen atoms in total. The second kappa shape index (κ2) is 10.4. The molecule has 0 N–H and O–H groups in total. The second-order valence-electron chi connectivity index (χ2n) is 8.71. The van der Waals surface area contributed by atoms with Gasteiger partial charge in [-0.2, -0.15) is 0 Å². The number of hydrogen-bond donors (Lipinski definition) is 0. The Hall–Kier alpha value is -2.79. The van der Waals surface area contributed by atoms with Crippen LogP contribution < -0.4 is 0 Å². The van der Waals surface area contributed by atoms with Crippen LogP contribution in [0, 0.1) is 11.7 Å². The smallest absolute Gasteiger partial charge is 0.193 e. The molecule has 174 valence electrons. The summed E-state index contributed by atoms with van der Waals surface area (Å²) in [5, 5.41) is 0. The van der Waals surface area contributed by atoms with Crippen LogP contribution in [0.3, 0.4) is 0 Å². The van der Waals surface area contributed by atoms with Crippen LogP contribution in [-0.4, -0.2) is 19.0 Å². The van der Waals surface area contributed by atoms with E-state index >= 15 is 0 Å². The van der Waals surface area contributed by atoms with Crippen molar-refractivity contribution < 1.29 is 22.6 Å². The Morgan fingerprint density at radius 3 is 2.42 bits per heavy atom. The van der Waals surface area contributed by atoms with Gasteiger partial charge in [-0.3, -0.25) is 0 Å². The molecule has 0 spiro atoms. The fourth-order valence-corrected chi connectivity index (χ4v) is 4.19. The van der Waals surface area contributed by atoms with Crippen LogP contribution in [0.25, 0.3) is 16.7 Å². The van der Waals surface area contributed by atoms with Crippen molar-refractivity contribution in [3.63, 3.8) is 0 Å². The van der Waals surface area contributed by atoms with Crippen molar-refractivity contribution in [1.29, 1.82) is 0 Å². The van der Waals surface area contributed by atoms with Gasteiger partial charge in [-0.05, 0) is 65.7 Å². The van der Waals surface area contributed by atoms with E-state index in [1.807, 2.05) is 13.0 Å². The molecule has 4 atom stereocenters. The van der Waals surface area contributed by atoms with E-state index in [2.05, 4.69) is 6.92 Å². The first-order chi connectivity index (χ1) is 16.0. The zero-order valence-corrected chi connectivity index (χ0v) is 18.9. The number of allylic oxidation sites excluding steroid dienone is 5. The lowest BCUT2D eigenvalue weighted by Crippen LogP contribution is -2.24. The third-order valence-corrected chi connectivity index (χ3v) is 6.19. The molecule has 2 aromatic rings. The maximum Gasteiger partial charge on any atom is 0.193 e. The van der Waals surface area contributed by atoms with Crippen LogP contribution in [0.4, 0.5) is 13.2 Å². The number of hydrogen-bond acceptors (Lipinski definition) is 2. The van der Waals surface area contributed by atoms with E-state index in [0.717, 1.165) is 24.8 Å². The summed E-state index contributed by atoms with van der Waals surface area (Å²) in [6.45, 7) is 4.77. The maximum atomic E-state index is 14.9. The lowest BCUT2D eigenvalue weighted by atomic mass is 9.91. The summed E-state index contributed by atoms with van der Waals surface area (Å²) >= 11 is 0. The highest BCUT2D eigenvalue weighted by atomic mass is 19.2. The van der Waals surface area contributed by atoms with E-state index < -0.39 is 12.3 Å². The quantitative estimate of drug-likeness (QED) is 0.413. The number of ether oxygens (including phenoxy) is 2. The van der Waals surface area contributed by atoms with Gasteiger partial charge in [-0.1, -0.05) is 56.3 Å². The molecule has 1 aliphatic carbocycles. The van der Waals surface area contributed by atoms with Crippen molar-refractivity contribution in [1.82, 2.24) is 0 Å². The molecule has 0 radical (unpaired) electrons. The summed E-state index contributed by atoms with van der Waals surface area (Å²) in [6.07, 6.45) is 5.02. The lowest BCUT2D eigenvalue weighted by Gasteiger charge is -2.27. The van der Waals surface area contributed by atoms with Crippen LogP contribution in [0.2, 0.25) is 0 Å². The van der Waals surface area contributed by atoms with Crippen LogP contribution in [0.15, 0.2) is 72.7 Å². The third kappa shape index (κ3) is 5.25. The van der Waals surface area contributed by atoms with Crippen LogP contribution in [-0.2, 0) is 9.47 Å². The lowest BCUT2D eigenvalue weighted by molar-refractivity contribution is -0.0125. The van der Waals surface area contributed by atoms with Crippen molar-refractivity contribution in [2.45, 2.75) is 51.6 Å². The number of halogens is 3. The molecule has 1 saturated heterocycles. The van der Waals surface area contributed by atoms with Gasteiger partial charge in [-0.25, -0.2) is 13.2 Å². The zero-order chi connectivity index (χ0) is 23.4. The largest absolute Gasteiger partial charge is 0.466 e. The van der Waals surface area contributed by atoms with E-state index in [1.165, 1.54) is 24.5 Å². The Bertz CT molecular complexity index is 1050. The molecule has 5 heteroatoms. The highest BCUT2D eigenvalue weighted by Crippen LogP contribution is 2.35. The normalized spacial score (nSPS) is 25.6. The first-order valence-electron chi connectivity index (χ1n) is 11.5. The minimum absolute atomic E-state index is 0.0499. The molecule has 0 bridgehead atoms. The van der Waals surface area contributed by atoms with Gasteiger partial charge >= 0.3 is 0 Å². The average Bonchev–Trinajstić information content (AvgIpc) is 2.83. The monoisotopic (exact) mass is 454 g/mol. The predicted molar refractivity (Wildman–Crippen MR) is 125 cm³/mol. The fourth-order valence-electron chi connectivity index (χ4n) is 4.19. The molecule has 2 aliphatic rings. The number of rotatable bonds is 6. The molecule has 33 heavy (non-hydrogen) atoms. The van der Waals surface area contributed by atoms with Crippen LogP contribution >= 0.6 is 0 Å². The molecule has 4 rings (SSSR count). The fraction of sp³-hybridized carbons (Fsp3) is 0.357. The van der Waals surface area contributed by atoms with Gasteiger partial charge in [0.15, 0.2) is 12.3 Å². The zero-order valence-electron chi connectivity index (χ0n) is 18.9. The Morgan fingerprint density at radius 1 is 1.00 bits per heavy atom. The highest BCUT2D eigenvalue weighted by molar-refractivity contribution is 5.75. The van der Waals surface area contributed by atoms with E-state index in [0.29, 0.717) is 29.2 Å². The number of alkyl halides is 2. The summed E-state index contributed by atoms with van der Waals surface area (Å²) in [4.78, 5) is 0. The third-order valence-electron chi connectivity index (χ3n) is 6.19. The minimum atomic E-state index is -1.87. The highest BCUT2D eigenvalue weighted by Gasteiger charge is 2.32. The summed E-state index contributed by atoms with van der Waals surface area (Å²) in [7, 11) is 0. The van der Waals surface area contributed by atoms with Crippen molar-refractivity contribution >= 4 is 5.57 Å². The Labute approximate surface area is 193 Å². The van der Waals surface area contributed by atoms with Gasteiger partial charge in [0.05, 0.1) is 12.4 Å². The molecular weight excluding hydrogens is 425 g/mol. The van der Waals surface area contributed by atoms with Gasteiger partial charge in [-0.15, -0.1) is 0 Å². The molecule has 1 fully saturated rings. The van der Waals surface area contributed by atoms with Gasteiger partial charge < -0.3 is 9.47 Å².